The lowest BCUT2D eigenvalue weighted by Crippen LogP contribution is -2.47. The molecule has 130 valence electrons. The van der Waals surface area contributed by atoms with E-state index in [2.05, 4.69) is 22.9 Å². The van der Waals surface area contributed by atoms with Crippen molar-refractivity contribution in [1.29, 1.82) is 0 Å². The summed E-state index contributed by atoms with van der Waals surface area (Å²) in [7, 11) is 0. The summed E-state index contributed by atoms with van der Waals surface area (Å²) in [6.07, 6.45) is 2.56. The van der Waals surface area contributed by atoms with Crippen LogP contribution in [0.1, 0.15) is 36.5 Å². The van der Waals surface area contributed by atoms with Crippen molar-refractivity contribution in [1.82, 2.24) is 9.80 Å². The molecule has 24 heavy (non-hydrogen) atoms. The Bertz CT molecular complexity index is 634. The first kappa shape index (κ1) is 17.4. The van der Waals surface area contributed by atoms with Gasteiger partial charge in [0.25, 0.3) is 5.91 Å². The molecule has 0 aliphatic carbocycles. The predicted molar refractivity (Wildman–Crippen MR) is 96.6 cm³/mol. The first-order chi connectivity index (χ1) is 11.4. The van der Waals surface area contributed by atoms with Crippen LogP contribution in [0.15, 0.2) is 28.7 Å². The lowest BCUT2D eigenvalue weighted by atomic mass is 9.90. The van der Waals surface area contributed by atoms with Crippen molar-refractivity contribution in [2.45, 2.75) is 32.2 Å². The number of carbonyl (C=O) groups is 2. The van der Waals surface area contributed by atoms with Crippen molar-refractivity contribution in [3.05, 3.63) is 34.3 Å². The number of likely N-dealkylation sites (tertiary alicyclic amines) is 2. The Morgan fingerprint density at radius 1 is 1.29 bits per heavy atom. The van der Waals surface area contributed by atoms with Gasteiger partial charge in [0.1, 0.15) is 6.04 Å². The first-order valence-corrected chi connectivity index (χ1v) is 9.28. The third-order valence-electron chi connectivity index (χ3n) is 5.25. The van der Waals surface area contributed by atoms with Gasteiger partial charge in [-0.25, -0.2) is 0 Å². The second-order valence-corrected chi connectivity index (χ2v) is 8.10. The summed E-state index contributed by atoms with van der Waals surface area (Å²) in [4.78, 5) is 29.4. The topological polar surface area (TPSA) is 66.6 Å². The molecule has 2 N–H and O–H groups in total. The fraction of sp³-hybridized carbons (Fsp3) is 0.556. The van der Waals surface area contributed by atoms with Gasteiger partial charge in [-0.05, 0) is 55.5 Å². The fourth-order valence-corrected chi connectivity index (χ4v) is 3.88. The molecule has 0 spiro atoms. The third kappa shape index (κ3) is 3.35. The van der Waals surface area contributed by atoms with E-state index >= 15 is 0 Å². The average Bonchev–Trinajstić information content (AvgIpc) is 3.22. The summed E-state index contributed by atoms with van der Waals surface area (Å²) in [5.74, 6) is 0.0225. The van der Waals surface area contributed by atoms with Crippen LogP contribution >= 0.6 is 15.9 Å². The molecular weight excluding hydrogens is 370 g/mol. The molecule has 2 saturated heterocycles. The molecule has 0 bridgehead atoms. The summed E-state index contributed by atoms with van der Waals surface area (Å²) < 4.78 is 0.936. The molecule has 5 nitrogen and oxygen atoms in total. The quantitative estimate of drug-likeness (QED) is 0.855. The van der Waals surface area contributed by atoms with Crippen LogP contribution < -0.4 is 5.73 Å². The Labute approximate surface area is 151 Å². The van der Waals surface area contributed by atoms with Crippen molar-refractivity contribution in [2.75, 3.05) is 26.2 Å². The lowest BCUT2D eigenvalue weighted by molar-refractivity contribution is -0.134. The number of amides is 2. The van der Waals surface area contributed by atoms with E-state index in [0.717, 1.165) is 30.3 Å². The van der Waals surface area contributed by atoms with Crippen LogP contribution in [-0.2, 0) is 4.79 Å². The van der Waals surface area contributed by atoms with E-state index in [0.29, 0.717) is 25.2 Å². The fourth-order valence-electron chi connectivity index (χ4n) is 3.61. The Kier molecular flexibility index (Phi) is 4.97. The monoisotopic (exact) mass is 393 g/mol. The Morgan fingerprint density at radius 3 is 2.62 bits per heavy atom. The molecular formula is C18H24BrN3O2. The standard InChI is InChI=1S/C18H24BrN3O2/c1-18(11-20)8-10-21(12-18)17(24)15-3-2-9-22(15)16(23)13-4-6-14(19)7-5-13/h4-7,15H,2-3,8-12,20H2,1H3. The molecule has 0 radical (unpaired) electrons. The van der Waals surface area contributed by atoms with Gasteiger partial charge in [0, 0.05) is 29.7 Å². The van der Waals surface area contributed by atoms with Crippen LogP contribution in [0.3, 0.4) is 0 Å². The summed E-state index contributed by atoms with van der Waals surface area (Å²) in [6, 6.07) is 6.98. The van der Waals surface area contributed by atoms with Gasteiger partial charge in [-0.3, -0.25) is 9.59 Å². The number of carbonyl (C=O) groups excluding carboxylic acids is 2. The van der Waals surface area contributed by atoms with Crippen molar-refractivity contribution in [3.63, 3.8) is 0 Å². The highest BCUT2D eigenvalue weighted by Crippen LogP contribution is 2.31. The van der Waals surface area contributed by atoms with E-state index in [1.165, 1.54) is 0 Å². The van der Waals surface area contributed by atoms with Crippen LogP contribution in [0, 0.1) is 5.41 Å². The molecule has 1 aromatic carbocycles. The molecule has 2 heterocycles. The summed E-state index contributed by atoms with van der Waals surface area (Å²) in [5, 5.41) is 0. The summed E-state index contributed by atoms with van der Waals surface area (Å²) in [6.45, 7) is 4.79. The third-order valence-corrected chi connectivity index (χ3v) is 5.78. The van der Waals surface area contributed by atoms with E-state index in [1.807, 2.05) is 17.0 Å². The molecule has 2 atom stereocenters. The number of hydrogen-bond acceptors (Lipinski definition) is 3. The van der Waals surface area contributed by atoms with Crippen molar-refractivity contribution in [2.24, 2.45) is 11.1 Å². The minimum atomic E-state index is -0.332. The van der Waals surface area contributed by atoms with Gasteiger partial charge in [-0.15, -0.1) is 0 Å². The molecule has 2 fully saturated rings. The van der Waals surface area contributed by atoms with Crippen LogP contribution in [0.4, 0.5) is 0 Å². The largest absolute Gasteiger partial charge is 0.340 e. The molecule has 6 heteroatoms. The van der Waals surface area contributed by atoms with Gasteiger partial charge in [0.05, 0.1) is 0 Å². The lowest BCUT2D eigenvalue weighted by Gasteiger charge is -2.29. The summed E-state index contributed by atoms with van der Waals surface area (Å²) >= 11 is 3.38. The minimum Gasteiger partial charge on any atom is -0.340 e. The maximum Gasteiger partial charge on any atom is 0.254 e. The molecule has 2 unspecified atom stereocenters. The van der Waals surface area contributed by atoms with Crippen molar-refractivity contribution >= 4 is 27.7 Å². The highest BCUT2D eigenvalue weighted by Gasteiger charge is 2.41. The van der Waals surface area contributed by atoms with Gasteiger partial charge in [-0.1, -0.05) is 22.9 Å². The highest BCUT2D eigenvalue weighted by atomic mass is 79.9. The zero-order valence-electron chi connectivity index (χ0n) is 14.0. The van der Waals surface area contributed by atoms with Crippen LogP contribution in [0.25, 0.3) is 0 Å². The molecule has 2 aliphatic heterocycles. The van der Waals surface area contributed by atoms with Gasteiger partial charge >= 0.3 is 0 Å². The number of hydrogen-bond donors (Lipinski definition) is 1. The smallest absolute Gasteiger partial charge is 0.254 e. The van der Waals surface area contributed by atoms with Gasteiger partial charge < -0.3 is 15.5 Å². The summed E-state index contributed by atoms with van der Waals surface area (Å²) in [5.41, 5.74) is 6.48. The van der Waals surface area contributed by atoms with Crippen LogP contribution in [0.2, 0.25) is 0 Å². The first-order valence-electron chi connectivity index (χ1n) is 8.49. The van der Waals surface area contributed by atoms with Crippen LogP contribution in [-0.4, -0.2) is 53.8 Å². The van der Waals surface area contributed by atoms with E-state index in [9.17, 15) is 9.59 Å². The number of halogens is 1. The molecule has 2 amide bonds. The van der Waals surface area contributed by atoms with E-state index in [1.54, 1.807) is 17.0 Å². The SMILES string of the molecule is CC1(CN)CCN(C(=O)C2CCCN2C(=O)c2ccc(Br)cc2)C1. The number of nitrogens with two attached hydrogens (primary N) is 1. The van der Waals surface area contributed by atoms with Crippen LogP contribution in [0.5, 0.6) is 0 Å². The van der Waals surface area contributed by atoms with Gasteiger partial charge in [0.2, 0.25) is 5.91 Å². The second kappa shape index (κ2) is 6.84. The zero-order chi connectivity index (χ0) is 17.3. The molecule has 0 saturated carbocycles. The molecule has 0 aromatic heterocycles. The maximum atomic E-state index is 12.9. The maximum absolute atomic E-state index is 12.9. The van der Waals surface area contributed by atoms with Crippen molar-refractivity contribution in [3.8, 4) is 0 Å². The Morgan fingerprint density at radius 2 is 2.00 bits per heavy atom. The second-order valence-electron chi connectivity index (χ2n) is 7.19. The Hall–Kier alpha value is -1.40. The van der Waals surface area contributed by atoms with Gasteiger partial charge in [0.15, 0.2) is 0 Å². The molecule has 3 rings (SSSR count). The average molecular weight is 394 g/mol. The van der Waals surface area contributed by atoms with E-state index < -0.39 is 0 Å². The highest BCUT2D eigenvalue weighted by molar-refractivity contribution is 9.10. The number of nitrogens with zero attached hydrogens (tertiary/aromatic N) is 2. The number of rotatable bonds is 3. The minimum absolute atomic E-state index is 0.00874. The zero-order valence-corrected chi connectivity index (χ0v) is 15.6. The molecule has 1 aromatic rings. The predicted octanol–water partition coefficient (Wildman–Crippen LogP) is 2.25. The van der Waals surface area contributed by atoms with Crippen molar-refractivity contribution < 1.29 is 9.59 Å². The normalized spacial score (nSPS) is 26.9. The number of benzene rings is 1. The van der Waals surface area contributed by atoms with E-state index in [4.69, 9.17) is 5.73 Å². The van der Waals surface area contributed by atoms with E-state index in [-0.39, 0.29) is 23.3 Å². The Balaban J connectivity index is 1.72. The molecule has 2 aliphatic rings. The van der Waals surface area contributed by atoms with Gasteiger partial charge in [-0.2, -0.15) is 0 Å².